The normalized spacial score (nSPS) is 21.8. The van der Waals surface area contributed by atoms with E-state index in [0.717, 1.165) is 56.4 Å². The number of benzene rings is 2. The van der Waals surface area contributed by atoms with Crippen molar-refractivity contribution in [1.82, 2.24) is 9.21 Å². The Hall–Kier alpha value is -1.80. The zero-order valence-electron chi connectivity index (χ0n) is 19.0. The van der Waals surface area contributed by atoms with E-state index in [2.05, 4.69) is 17.0 Å². The van der Waals surface area contributed by atoms with Gasteiger partial charge in [0.2, 0.25) is 10.0 Å². The molecule has 2 fully saturated rings. The first-order chi connectivity index (χ1) is 15.3. The minimum atomic E-state index is -3.21. The molecule has 0 aromatic heterocycles. The molecule has 0 amide bonds. The summed E-state index contributed by atoms with van der Waals surface area (Å²) in [6, 6.07) is 15.0. The monoisotopic (exact) mass is 460 g/mol. The standard InChI is InChI=1S/C25H33FN2O3S/c1-3-28(32(2,29)30)24-10-15-31-25(18-24)11-13-27(14-12-25)19-20-6-4-7-21(16-20)22-8-5-9-23(26)17-22/h4-9,16-17,24H,3,10-15,18-19H2,1-2H3/t24-/m0/s1. The third kappa shape index (κ3) is 5.39. The minimum Gasteiger partial charge on any atom is -0.375 e. The molecule has 174 valence electrons. The van der Waals surface area contributed by atoms with E-state index in [-0.39, 0.29) is 17.5 Å². The van der Waals surface area contributed by atoms with Gasteiger partial charge in [-0.3, -0.25) is 4.90 Å². The summed E-state index contributed by atoms with van der Waals surface area (Å²) >= 11 is 0. The zero-order valence-corrected chi connectivity index (χ0v) is 19.8. The van der Waals surface area contributed by atoms with Gasteiger partial charge in [0.15, 0.2) is 0 Å². The van der Waals surface area contributed by atoms with E-state index in [1.54, 1.807) is 16.4 Å². The fourth-order valence-electron chi connectivity index (χ4n) is 5.25. The summed E-state index contributed by atoms with van der Waals surface area (Å²) in [4.78, 5) is 2.43. The van der Waals surface area contributed by atoms with Crippen molar-refractivity contribution in [3.63, 3.8) is 0 Å². The van der Waals surface area contributed by atoms with Crippen LogP contribution in [0, 0.1) is 5.82 Å². The Morgan fingerprint density at radius 1 is 1.12 bits per heavy atom. The van der Waals surface area contributed by atoms with Gasteiger partial charge in [-0.05, 0) is 60.6 Å². The van der Waals surface area contributed by atoms with Crippen LogP contribution in [-0.2, 0) is 21.3 Å². The second kappa shape index (κ2) is 9.59. The van der Waals surface area contributed by atoms with Crippen LogP contribution in [0.2, 0.25) is 0 Å². The lowest BCUT2D eigenvalue weighted by Crippen LogP contribution is -2.54. The highest BCUT2D eigenvalue weighted by molar-refractivity contribution is 7.88. The van der Waals surface area contributed by atoms with Crippen LogP contribution in [0.25, 0.3) is 11.1 Å². The fourth-order valence-corrected chi connectivity index (χ4v) is 6.44. The molecule has 4 rings (SSSR count). The van der Waals surface area contributed by atoms with E-state index in [1.165, 1.54) is 17.9 Å². The highest BCUT2D eigenvalue weighted by Crippen LogP contribution is 2.37. The number of hydrogen-bond donors (Lipinski definition) is 0. The van der Waals surface area contributed by atoms with Crippen molar-refractivity contribution in [3.05, 3.63) is 59.9 Å². The maximum Gasteiger partial charge on any atom is 0.211 e. The van der Waals surface area contributed by atoms with Gasteiger partial charge in [0.25, 0.3) is 0 Å². The molecule has 0 radical (unpaired) electrons. The molecule has 2 aromatic carbocycles. The van der Waals surface area contributed by atoms with Gasteiger partial charge in [-0.2, -0.15) is 4.31 Å². The molecule has 2 aliphatic heterocycles. The van der Waals surface area contributed by atoms with Crippen LogP contribution in [0.5, 0.6) is 0 Å². The minimum absolute atomic E-state index is 0.0262. The molecule has 2 aromatic rings. The van der Waals surface area contributed by atoms with Crippen LogP contribution in [0.4, 0.5) is 4.39 Å². The summed E-state index contributed by atoms with van der Waals surface area (Å²) in [6.45, 7) is 5.71. The van der Waals surface area contributed by atoms with Gasteiger partial charge in [-0.25, -0.2) is 12.8 Å². The van der Waals surface area contributed by atoms with E-state index in [1.807, 2.05) is 25.1 Å². The fraction of sp³-hybridized carbons (Fsp3) is 0.520. The Bertz CT molecular complexity index is 1030. The molecule has 2 heterocycles. The second-order valence-corrected chi connectivity index (χ2v) is 11.1. The average Bonchev–Trinajstić information content (AvgIpc) is 2.76. The molecule has 0 aliphatic carbocycles. The Balaban J connectivity index is 1.38. The number of halogens is 1. The van der Waals surface area contributed by atoms with E-state index in [0.29, 0.717) is 13.2 Å². The number of nitrogens with zero attached hydrogens (tertiary/aromatic N) is 2. The molecule has 1 atom stereocenters. The number of sulfonamides is 1. The molecule has 2 aliphatic rings. The van der Waals surface area contributed by atoms with E-state index in [4.69, 9.17) is 4.74 Å². The van der Waals surface area contributed by atoms with Crippen LogP contribution in [0.15, 0.2) is 48.5 Å². The zero-order chi connectivity index (χ0) is 22.8. The molecule has 2 saturated heterocycles. The molecular formula is C25H33FN2O3S. The molecule has 5 nitrogen and oxygen atoms in total. The van der Waals surface area contributed by atoms with Gasteiger partial charge in [0.1, 0.15) is 5.82 Å². The van der Waals surface area contributed by atoms with Crippen LogP contribution in [0.1, 0.15) is 38.2 Å². The second-order valence-electron chi connectivity index (χ2n) is 9.13. The van der Waals surface area contributed by atoms with Crippen molar-refractivity contribution in [1.29, 1.82) is 0 Å². The number of hydrogen-bond acceptors (Lipinski definition) is 4. The Kier molecular flexibility index (Phi) is 7.00. The molecular weight excluding hydrogens is 427 g/mol. The summed E-state index contributed by atoms with van der Waals surface area (Å²) in [6.07, 6.45) is 4.66. The van der Waals surface area contributed by atoms with Gasteiger partial charge in [0.05, 0.1) is 11.9 Å². The highest BCUT2D eigenvalue weighted by Gasteiger charge is 2.43. The Morgan fingerprint density at radius 2 is 1.81 bits per heavy atom. The van der Waals surface area contributed by atoms with Crippen molar-refractivity contribution >= 4 is 10.0 Å². The van der Waals surface area contributed by atoms with Crippen LogP contribution in [0.3, 0.4) is 0 Å². The van der Waals surface area contributed by atoms with E-state index < -0.39 is 10.0 Å². The van der Waals surface area contributed by atoms with Crippen molar-refractivity contribution in [2.75, 3.05) is 32.5 Å². The number of ether oxygens (including phenoxy) is 1. The summed E-state index contributed by atoms with van der Waals surface area (Å²) in [5, 5.41) is 0. The third-order valence-corrected chi connectivity index (χ3v) is 8.28. The number of likely N-dealkylation sites (tertiary alicyclic amines) is 1. The lowest BCUT2D eigenvalue weighted by atomic mass is 9.82. The average molecular weight is 461 g/mol. The van der Waals surface area contributed by atoms with Gasteiger partial charge >= 0.3 is 0 Å². The predicted octanol–water partition coefficient (Wildman–Crippen LogP) is 4.29. The topological polar surface area (TPSA) is 49.9 Å². The summed E-state index contributed by atoms with van der Waals surface area (Å²) < 4.78 is 45.9. The van der Waals surface area contributed by atoms with E-state index >= 15 is 0 Å². The maximum atomic E-state index is 13.6. The van der Waals surface area contributed by atoms with Gasteiger partial charge in [-0.15, -0.1) is 0 Å². The quantitative estimate of drug-likeness (QED) is 0.645. The number of rotatable bonds is 6. The first-order valence-electron chi connectivity index (χ1n) is 11.5. The van der Waals surface area contributed by atoms with E-state index in [9.17, 15) is 12.8 Å². The molecule has 0 saturated carbocycles. The molecule has 0 N–H and O–H groups in total. The maximum absolute atomic E-state index is 13.6. The molecule has 0 unspecified atom stereocenters. The first kappa shape index (κ1) is 23.4. The van der Waals surface area contributed by atoms with Crippen molar-refractivity contribution in [2.24, 2.45) is 0 Å². The SMILES string of the molecule is CCN([C@H]1CCOC2(CCN(Cc3cccc(-c4cccc(F)c4)c3)CC2)C1)S(C)(=O)=O. The van der Waals surface area contributed by atoms with Gasteiger partial charge in [-0.1, -0.05) is 37.3 Å². The van der Waals surface area contributed by atoms with Crippen molar-refractivity contribution in [3.8, 4) is 11.1 Å². The van der Waals surface area contributed by atoms with Crippen LogP contribution in [-0.4, -0.2) is 61.8 Å². The molecule has 0 bridgehead atoms. The summed E-state index contributed by atoms with van der Waals surface area (Å²) in [7, 11) is -3.21. The van der Waals surface area contributed by atoms with Crippen molar-refractivity contribution < 1.29 is 17.5 Å². The molecule has 32 heavy (non-hydrogen) atoms. The summed E-state index contributed by atoms with van der Waals surface area (Å²) in [5.41, 5.74) is 2.90. The summed E-state index contributed by atoms with van der Waals surface area (Å²) in [5.74, 6) is -0.225. The van der Waals surface area contributed by atoms with Crippen molar-refractivity contribution in [2.45, 2.75) is 50.8 Å². The third-order valence-electron chi connectivity index (χ3n) is 6.87. The van der Waals surface area contributed by atoms with Gasteiger partial charge < -0.3 is 4.74 Å². The lowest BCUT2D eigenvalue weighted by molar-refractivity contribution is -0.127. The predicted molar refractivity (Wildman–Crippen MR) is 125 cm³/mol. The Morgan fingerprint density at radius 3 is 2.47 bits per heavy atom. The smallest absolute Gasteiger partial charge is 0.211 e. The Labute approximate surface area is 191 Å². The largest absolute Gasteiger partial charge is 0.375 e. The molecule has 7 heteroatoms. The molecule has 1 spiro atoms. The highest BCUT2D eigenvalue weighted by atomic mass is 32.2. The lowest BCUT2D eigenvalue weighted by Gasteiger charge is -2.48. The number of piperidine rings is 1. The van der Waals surface area contributed by atoms with Crippen LogP contribution >= 0.6 is 0 Å². The first-order valence-corrected chi connectivity index (χ1v) is 13.3. The van der Waals surface area contributed by atoms with Crippen LogP contribution < -0.4 is 0 Å². The van der Waals surface area contributed by atoms with Gasteiger partial charge in [0, 0.05) is 38.8 Å².